The van der Waals surface area contributed by atoms with E-state index in [-0.39, 0.29) is 17.2 Å². The van der Waals surface area contributed by atoms with Crippen molar-refractivity contribution in [3.63, 3.8) is 0 Å². The maximum absolute atomic E-state index is 12.7. The fraction of sp³-hybridized carbons (Fsp3) is 0.238. The summed E-state index contributed by atoms with van der Waals surface area (Å²) in [5, 5.41) is 9.67. The molecule has 0 unspecified atom stereocenters. The molecule has 0 atom stereocenters. The topological polar surface area (TPSA) is 119 Å². The van der Waals surface area contributed by atoms with E-state index >= 15 is 0 Å². The molecule has 4 rings (SSSR count). The number of carbonyl (C=O) groups excluding carboxylic acids is 1. The van der Waals surface area contributed by atoms with Crippen LogP contribution in [-0.2, 0) is 4.79 Å². The van der Waals surface area contributed by atoms with Gasteiger partial charge in [-0.3, -0.25) is 9.59 Å². The van der Waals surface area contributed by atoms with E-state index in [1.54, 1.807) is 35.5 Å². The Morgan fingerprint density at radius 1 is 1.10 bits per heavy atom. The molecule has 1 amide bonds. The van der Waals surface area contributed by atoms with Crippen molar-refractivity contribution >= 4 is 23.6 Å². The number of rotatable bonds is 5. The molecule has 10 heteroatoms. The third-order valence-corrected chi connectivity index (χ3v) is 5.71. The number of aromatic amines is 1. The van der Waals surface area contributed by atoms with Crippen LogP contribution in [0.25, 0.3) is 11.3 Å². The van der Waals surface area contributed by atoms with Gasteiger partial charge in [-0.1, -0.05) is 42.1 Å². The van der Waals surface area contributed by atoms with Gasteiger partial charge in [-0.15, -0.1) is 0 Å². The second-order valence-electron chi connectivity index (χ2n) is 6.78. The Bertz CT molecular complexity index is 1150. The molecule has 0 radical (unpaired) electrons. The highest BCUT2D eigenvalue weighted by molar-refractivity contribution is 7.99. The third-order valence-electron chi connectivity index (χ3n) is 4.86. The van der Waals surface area contributed by atoms with E-state index in [1.165, 1.54) is 0 Å². The van der Waals surface area contributed by atoms with Crippen molar-refractivity contribution in [2.24, 2.45) is 0 Å². The summed E-state index contributed by atoms with van der Waals surface area (Å²) in [6.07, 6.45) is 3.40. The van der Waals surface area contributed by atoms with Crippen LogP contribution in [0.4, 0.5) is 5.95 Å². The van der Waals surface area contributed by atoms with E-state index < -0.39 is 5.56 Å². The van der Waals surface area contributed by atoms with Gasteiger partial charge >= 0.3 is 0 Å². The molecule has 9 nitrogen and oxygen atoms in total. The number of anilines is 1. The number of aromatic nitrogens is 4. The Morgan fingerprint density at radius 3 is 2.48 bits per heavy atom. The maximum Gasteiger partial charge on any atom is 0.270 e. The zero-order chi connectivity index (χ0) is 21.6. The van der Waals surface area contributed by atoms with Gasteiger partial charge in [0.05, 0.1) is 11.4 Å². The number of nitrogens with one attached hydrogen (secondary N) is 1. The number of carbonyl (C=O) groups is 1. The average molecular weight is 433 g/mol. The van der Waals surface area contributed by atoms with Crippen LogP contribution >= 0.6 is 11.8 Å². The molecule has 1 aliphatic heterocycles. The Kier molecular flexibility index (Phi) is 6.24. The molecule has 0 spiro atoms. The van der Waals surface area contributed by atoms with E-state index in [9.17, 15) is 14.9 Å². The van der Waals surface area contributed by atoms with Gasteiger partial charge in [0.15, 0.2) is 5.16 Å². The first-order valence-corrected chi connectivity index (χ1v) is 10.7. The molecule has 2 aromatic heterocycles. The first-order valence-electron chi connectivity index (χ1n) is 9.68. The fourth-order valence-electron chi connectivity index (χ4n) is 3.26. The summed E-state index contributed by atoms with van der Waals surface area (Å²) in [6, 6.07) is 12.7. The monoisotopic (exact) mass is 433 g/mol. The SMILES string of the molecule is N#Cc1c(-c2ccccc2)nc(SCC(=O)N2CCN(c3ncccn3)CC2)[nH]c1=O. The number of benzene rings is 1. The first kappa shape index (κ1) is 20.6. The van der Waals surface area contributed by atoms with Crippen molar-refractivity contribution in [1.82, 2.24) is 24.8 Å². The summed E-state index contributed by atoms with van der Waals surface area (Å²) in [4.78, 5) is 44.4. The molecule has 1 aromatic carbocycles. The van der Waals surface area contributed by atoms with Crippen LogP contribution in [0.1, 0.15) is 5.56 Å². The molecule has 3 aromatic rings. The van der Waals surface area contributed by atoms with Crippen molar-refractivity contribution in [3.8, 4) is 17.3 Å². The van der Waals surface area contributed by atoms with Crippen LogP contribution in [0.3, 0.4) is 0 Å². The van der Waals surface area contributed by atoms with Crippen molar-refractivity contribution in [2.75, 3.05) is 36.8 Å². The molecule has 0 aliphatic carbocycles. The third kappa shape index (κ3) is 4.73. The lowest BCUT2D eigenvalue weighted by molar-refractivity contribution is -0.128. The molecule has 1 saturated heterocycles. The van der Waals surface area contributed by atoms with Crippen molar-refractivity contribution in [2.45, 2.75) is 5.16 Å². The molecule has 1 fully saturated rings. The summed E-state index contributed by atoms with van der Waals surface area (Å²) in [6.45, 7) is 2.46. The zero-order valence-corrected chi connectivity index (χ0v) is 17.4. The second kappa shape index (κ2) is 9.40. The molecule has 1 aliphatic rings. The molecule has 31 heavy (non-hydrogen) atoms. The predicted octanol–water partition coefficient (Wildman–Crippen LogP) is 1.54. The predicted molar refractivity (Wildman–Crippen MR) is 117 cm³/mol. The minimum Gasteiger partial charge on any atom is -0.338 e. The van der Waals surface area contributed by atoms with Gasteiger partial charge in [0.25, 0.3) is 5.56 Å². The Balaban J connectivity index is 1.40. The van der Waals surface area contributed by atoms with Gasteiger partial charge in [0.1, 0.15) is 11.6 Å². The summed E-state index contributed by atoms with van der Waals surface area (Å²) in [5.74, 6) is 0.772. The number of hydrogen-bond acceptors (Lipinski definition) is 8. The van der Waals surface area contributed by atoms with Crippen molar-refractivity contribution < 1.29 is 4.79 Å². The molecule has 0 saturated carbocycles. The Morgan fingerprint density at radius 2 is 1.81 bits per heavy atom. The number of nitrogens with zero attached hydrogens (tertiary/aromatic N) is 6. The Labute approximate surface area is 182 Å². The second-order valence-corrected chi connectivity index (χ2v) is 7.74. The summed E-state index contributed by atoms with van der Waals surface area (Å²) in [7, 11) is 0. The number of H-pyrrole nitrogens is 1. The number of amides is 1. The van der Waals surface area contributed by atoms with Gasteiger partial charge < -0.3 is 14.8 Å². The molecular formula is C21H19N7O2S. The zero-order valence-electron chi connectivity index (χ0n) is 16.6. The minimum atomic E-state index is -0.511. The molecule has 156 valence electrons. The smallest absolute Gasteiger partial charge is 0.270 e. The number of thioether (sulfide) groups is 1. The Hall–Kier alpha value is -3.71. The quantitative estimate of drug-likeness (QED) is 0.475. The van der Waals surface area contributed by atoms with E-state index in [4.69, 9.17) is 0 Å². The minimum absolute atomic E-state index is 0.0353. The van der Waals surface area contributed by atoms with E-state index in [0.29, 0.717) is 48.5 Å². The highest BCUT2D eigenvalue weighted by Gasteiger charge is 2.23. The average Bonchev–Trinajstić information content (AvgIpc) is 2.83. The van der Waals surface area contributed by atoms with Crippen molar-refractivity contribution in [3.05, 3.63) is 64.7 Å². The summed E-state index contributed by atoms with van der Waals surface area (Å²) in [5.41, 5.74) is 0.444. The molecular weight excluding hydrogens is 414 g/mol. The lowest BCUT2D eigenvalue weighted by atomic mass is 10.1. The highest BCUT2D eigenvalue weighted by Crippen LogP contribution is 2.22. The summed E-state index contributed by atoms with van der Waals surface area (Å²) < 4.78 is 0. The van der Waals surface area contributed by atoms with Gasteiger partial charge in [-0.05, 0) is 6.07 Å². The maximum atomic E-state index is 12.7. The van der Waals surface area contributed by atoms with Crippen LogP contribution in [0.2, 0.25) is 0 Å². The molecule has 0 bridgehead atoms. The standard InChI is InChI=1S/C21H19N7O2S/c22-13-16-18(15-5-2-1-3-6-15)25-21(26-19(16)30)31-14-17(29)27-9-11-28(12-10-27)20-23-7-4-8-24-20/h1-8H,9-12,14H2,(H,25,26,30). The van der Waals surface area contributed by atoms with E-state index in [1.807, 2.05) is 29.2 Å². The first-order chi connectivity index (χ1) is 15.2. The normalized spacial score (nSPS) is 13.6. The van der Waals surface area contributed by atoms with Gasteiger partial charge in [0.2, 0.25) is 11.9 Å². The van der Waals surface area contributed by atoms with E-state index in [0.717, 1.165) is 11.8 Å². The number of hydrogen-bond donors (Lipinski definition) is 1. The number of nitriles is 1. The summed E-state index contributed by atoms with van der Waals surface area (Å²) >= 11 is 1.16. The van der Waals surface area contributed by atoms with Crippen LogP contribution < -0.4 is 10.5 Å². The van der Waals surface area contributed by atoms with Crippen LogP contribution in [0.5, 0.6) is 0 Å². The van der Waals surface area contributed by atoms with Crippen LogP contribution in [0, 0.1) is 11.3 Å². The van der Waals surface area contributed by atoms with Crippen LogP contribution in [0.15, 0.2) is 58.7 Å². The fourth-order valence-corrected chi connectivity index (χ4v) is 4.02. The van der Waals surface area contributed by atoms with Crippen molar-refractivity contribution in [1.29, 1.82) is 5.26 Å². The lowest BCUT2D eigenvalue weighted by Crippen LogP contribution is -2.49. The lowest BCUT2D eigenvalue weighted by Gasteiger charge is -2.34. The van der Waals surface area contributed by atoms with Gasteiger partial charge in [-0.2, -0.15) is 5.26 Å². The molecule has 3 heterocycles. The number of piperazine rings is 1. The largest absolute Gasteiger partial charge is 0.338 e. The van der Waals surface area contributed by atoms with E-state index in [2.05, 4.69) is 19.9 Å². The van der Waals surface area contributed by atoms with Gasteiger partial charge in [-0.25, -0.2) is 15.0 Å². The van der Waals surface area contributed by atoms with Crippen LogP contribution in [-0.4, -0.2) is 62.7 Å². The highest BCUT2D eigenvalue weighted by atomic mass is 32.2. The van der Waals surface area contributed by atoms with Gasteiger partial charge in [0, 0.05) is 44.1 Å². The molecule has 1 N–H and O–H groups in total.